The van der Waals surface area contributed by atoms with Gasteiger partial charge in [-0.05, 0) is 23.8 Å². The summed E-state index contributed by atoms with van der Waals surface area (Å²) in [5.74, 6) is -0.499. The van der Waals surface area contributed by atoms with E-state index in [4.69, 9.17) is 14.9 Å². The second kappa shape index (κ2) is 6.89. The van der Waals surface area contributed by atoms with Crippen LogP contribution in [0.3, 0.4) is 0 Å². The minimum absolute atomic E-state index is 0.0262. The van der Waals surface area contributed by atoms with Crippen molar-refractivity contribution in [3.05, 3.63) is 29.8 Å². The van der Waals surface area contributed by atoms with Crippen molar-refractivity contribution in [1.29, 1.82) is 0 Å². The molecule has 0 aromatic heterocycles. The lowest BCUT2D eigenvalue weighted by Crippen LogP contribution is -2.35. The third-order valence-electron chi connectivity index (χ3n) is 2.49. The zero-order valence-electron chi connectivity index (χ0n) is 10.4. The highest BCUT2D eigenvalue weighted by Crippen LogP contribution is 2.26. The molecule has 0 aliphatic rings. The van der Waals surface area contributed by atoms with Crippen molar-refractivity contribution in [2.45, 2.75) is 12.2 Å². The maximum atomic E-state index is 11.4. The number of carbonyl (C=O) groups is 1. The lowest BCUT2D eigenvalue weighted by atomic mass is 10.1. The molecule has 0 saturated heterocycles. The fourth-order valence-electron chi connectivity index (χ4n) is 1.36. The number of aliphatic hydroxyl groups is 3. The number of benzene rings is 1. The smallest absolute Gasteiger partial charge is 0.186 e. The van der Waals surface area contributed by atoms with Crippen LogP contribution in [0.25, 0.3) is 6.08 Å². The molecule has 6 nitrogen and oxygen atoms in total. The van der Waals surface area contributed by atoms with E-state index < -0.39 is 24.6 Å². The first-order valence-corrected chi connectivity index (χ1v) is 5.55. The molecule has 2 unspecified atom stereocenters. The van der Waals surface area contributed by atoms with Crippen LogP contribution in [-0.4, -0.2) is 52.1 Å². The molecule has 19 heavy (non-hydrogen) atoms. The van der Waals surface area contributed by atoms with Gasteiger partial charge in [0, 0.05) is 0 Å². The molecule has 0 heterocycles. The van der Waals surface area contributed by atoms with Crippen molar-refractivity contribution >= 4 is 11.9 Å². The minimum Gasteiger partial charge on any atom is -0.504 e. The van der Waals surface area contributed by atoms with Gasteiger partial charge in [0.05, 0.1) is 13.7 Å². The van der Waals surface area contributed by atoms with Gasteiger partial charge in [0.1, 0.15) is 12.2 Å². The first-order valence-electron chi connectivity index (χ1n) is 5.55. The molecule has 6 heteroatoms. The van der Waals surface area contributed by atoms with E-state index in [-0.39, 0.29) is 11.5 Å². The molecular formula is C13H16O6. The molecule has 4 N–H and O–H groups in total. The molecule has 1 rings (SSSR count). The molecule has 0 fully saturated rings. The van der Waals surface area contributed by atoms with Gasteiger partial charge in [-0.2, -0.15) is 0 Å². The molecule has 0 saturated carbocycles. The van der Waals surface area contributed by atoms with Gasteiger partial charge in [-0.25, -0.2) is 0 Å². The summed E-state index contributed by atoms with van der Waals surface area (Å²) >= 11 is 0. The van der Waals surface area contributed by atoms with Crippen molar-refractivity contribution in [1.82, 2.24) is 0 Å². The standard InChI is InChI=1S/C13H16O6/c1-19-12-6-8(2-4-9(12)15)3-5-10(16)13(18)11(17)7-14/h2-6,11,13-15,17-18H,7H2,1H3/b5-3+. The number of hydrogen-bond donors (Lipinski definition) is 4. The first-order chi connectivity index (χ1) is 8.99. The average Bonchev–Trinajstić information content (AvgIpc) is 2.44. The molecule has 1 aromatic rings. The molecule has 0 aliphatic heterocycles. The summed E-state index contributed by atoms with van der Waals surface area (Å²) < 4.78 is 4.90. The number of phenolic OH excluding ortho intramolecular Hbond substituents is 1. The zero-order valence-corrected chi connectivity index (χ0v) is 10.4. The lowest BCUT2D eigenvalue weighted by molar-refractivity contribution is -0.129. The summed E-state index contributed by atoms with van der Waals surface area (Å²) in [6.07, 6.45) is -0.695. The van der Waals surface area contributed by atoms with E-state index in [1.54, 1.807) is 6.07 Å². The quantitative estimate of drug-likeness (QED) is 0.528. The van der Waals surface area contributed by atoms with E-state index in [9.17, 15) is 15.0 Å². The summed E-state index contributed by atoms with van der Waals surface area (Å²) in [4.78, 5) is 11.4. The van der Waals surface area contributed by atoms with Gasteiger partial charge in [0.15, 0.2) is 17.3 Å². The molecular weight excluding hydrogens is 252 g/mol. The van der Waals surface area contributed by atoms with Crippen molar-refractivity contribution < 1.29 is 30.0 Å². The van der Waals surface area contributed by atoms with E-state index >= 15 is 0 Å². The number of methoxy groups -OCH3 is 1. The molecule has 104 valence electrons. The lowest BCUT2D eigenvalue weighted by Gasteiger charge is -2.11. The Morgan fingerprint density at radius 2 is 2.11 bits per heavy atom. The molecule has 0 aliphatic carbocycles. The van der Waals surface area contributed by atoms with Crippen LogP contribution in [0.15, 0.2) is 24.3 Å². The highest BCUT2D eigenvalue weighted by molar-refractivity contribution is 5.97. The Hall–Kier alpha value is -1.89. The molecule has 0 radical (unpaired) electrons. The van der Waals surface area contributed by atoms with Gasteiger partial charge in [-0.1, -0.05) is 12.1 Å². The van der Waals surface area contributed by atoms with Gasteiger partial charge in [-0.3, -0.25) is 4.79 Å². The second-order valence-corrected chi connectivity index (χ2v) is 3.86. The third kappa shape index (κ3) is 4.06. The maximum absolute atomic E-state index is 11.4. The van der Waals surface area contributed by atoms with Gasteiger partial charge in [0.25, 0.3) is 0 Å². The topological polar surface area (TPSA) is 107 Å². The molecule has 2 atom stereocenters. The number of ether oxygens (including phenoxy) is 1. The van der Waals surface area contributed by atoms with E-state index in [1.165, 1.54) is 25.3 Å². The summed E-state index contributed by atoms with van der Waals surface area (Å²) in [6, 6.07) is 4.46. The second-order valence-electron chi connectivity index (χ2n) is 3.86. The SMILES string of the molecule is COc1cc(/C=C/C(=O)C(O)C(O)CO)ccc1O. The molecule has 0 bridgehead atoms. The number of hydrogen-bond acceptors (Lipinski definition) is 6. The van der Waals surface area contributed by atoms with Crippen LogP contribution in [0, 0.1) is 0 Å². The van der Waals surface area contributed by atoms with Crippen LogP contribution < -0.4 is 4.74 Å². The summed E-state index contributed by atoms with van der Waals surface area (Å²) in [5.41, 5.74) is 0.577. The summed E-state index contributed by atoms with van der Waals surface area (Å²) in [6.45, 7) is -0.701. The van der Waals surface area contributed by atoms with Crippen molar-refractivity contribution in [3.8, 4) is 11.5 Å². The third-order valence-corrected chi connectivity index (χ3v) is 2.49. The van der Waals surface area contributed by atoms with Crippen LogP contribution in [0.4, 0.5) is 0 Å². The molecule has 1 aromatic carbocycles. The number of aromatic hydroxyl groups is 1. The van der Waals surface area contributed by atoms with Crippen molar-refractivity contribution in [2.24, 2.45) is 0 Å². The van der Waals surface area contributed by atoms with Gasteiger partial charge in [0.2, 0.25) is 0 Å². The Morgan fingerprint density at radius 1 is 1.42 bits per heavy atom. The number of phenols is 1. The van der Waals surface area contributed by atoms with Crippen LogP contribution in [-0.2, 0) is 4.79 Å². The van der Waals surface area contributed by atoms with Crippen molar-refractivity contribution in [2.75, 3.05) is 13.7 Å². The van der Waals surface area contributed by atoms with E-state index in [2.05, 4.69) is 0 Å². The van der Waals surface area contributed by atoms with Crippen LogP contribution >= 0.6 is 0 Å². The maximum Gasteiger partial charge on any atom is 0.186 e. The highest BCUT2D eigenvalue weighted by atomic mass is 16.5. The summed E-state index contributed by atoms with van der Waals surface area (Å²) in [5, 5.41) is 36.4. The fraction of sp³-hybridized carbons (Fsp3) is 0.308. The fourth-order valence-corrected chi connectivity index (χ4v) is 1.36. The highest BCUT2D eigenvalue weighted by Gasteiger charge is 2.21. The van der Waals surface area contributed by atoms with E-state index in [0.29, 0.717) is 5.56 Å². The number of carbonyl (C=O) groups excluding carboxylic acids is 1. The first kappa shape index (κ1) is 15.2. The number of rotatable bonds is 6. The Bertz CT molecular complexity index is 468. The largest absolute Gasteiger partial charge is 0.504 e. The monoisotopic (exact) mass is 268 g/mol. The minimum atomic E-state index is -1.67. The Morgan fingerprint density at radius 3 is 2.68 bits per heavy atom. The Kier molecular flexibility index (Phi) is 5.50. The van der Waals surface area contributed by atoms with Crippen LogP contribution in [0.2, 0.25) is 0 Å². The van der Waals surface area contributed by atoms with Crippen LogP contribution in [0.1, 0.15) is 5.56 Å². The van der Waals surface area contributed by atoms with Gasteiger partial charge in [-0.15, -0.1) is 0 Å². The zero-order chi connectivity index (χ0) is 14.4. The molecule has 0 spiro atoms. The van der Waals surface area contributed by atoms with Gasteiger partial charge < -0.3 is 25.2 Å². The van der Waals surface area contributed by atoms with Crippen LogP contribution in [0.5, 0.6) is 11.5 Å². The van der Waals surface area contributed by atoms with Gasteiger partial charge >= 0.3 is 0 Å². The average molecular weight is 268 g/mol. The Labute approximate surface area is 110 Å². The van der Waals surface area contributed by atoms with Crippen molar-refractivity contribution in [3.63, 3.8) is 0 Å². The summed E-state index contributed by atoms with van der Waals surface area (Å²) in [7, 11) is 1.40. The number of aliphatic hydroxyl groups excluding tert-OH is 3. The van der Waals surface area contributed by atoms with E-state index in [1.807, 2.05) is 0 Å². The van der Waals surface area contributed by atoms with E-state index in [0.717, 1.165) is 6.08 Å². The molecule has 0 amide bonds. The normalized spacial score (nSPS) is 14.3. The predicted octanol–water partition coefficient (Wildman–Crippen LogP) is -0.303. The predicted molar refractivity (Wildman–Crippen MR) is 67.8 cm³/mol. The number of ketones is 1. The Balaban J connectivity index is 2.79.